The van der Waals surface area contributed by atoms with E-state index in [1.165, 1.54) is 36.9 Å². The third-order valence-corrected chi connectivity index (χ3v) is 8.34. The van der Waals surface area contributed by atoms with Gasteiger partial charge >= 0.3 is 0 Å². The molecule has 5 heteroatoms. The molecule has 3 fully saturated rings. The van der Waals surface area contributed by atoms with E-state index < -0.39 is 0 Å². The minimum atomic E-state index is 0.0450. The van der Waals surface area contributed by atoms with Crippen LogP contribution >= 0.6 is 0 Å². The highest BCUT2D eigenvalue weighted by molar-refractivity contribution is 5.38. The van der Waals surface area contributed by atoms with Gasteiger partial charge in [0.2, 0.25) is 5.95 Å². The molecule has 1 spiro atoms. The van der Waals surface area contributed by atoms with Crippen LogP contribution in [0.25, 0.3) is 0 Å². The number of nitrogens with zero attached hydrogens (tertiary/aromatic N) is 3. The fourth-order valence-electron chi connectivity index (χ4n) is 6.19. The van der Waals surface area contributed by atoms with Crippen molar-refractivity contribution >= 4 is 5.95 Å². The Hall–Kier alpha value is -1.46. The zero-order valence-corrected chi connectivity index (χ0v) is 17.2. The van der Waals surface area contributed by atoms with Crippen molar-refractivity contribution in [2.24, 2.45) is 17.3 Å². The molecule has 1 saturated heterocycles. The molecule has 0 unspecified atom stereocenters. The highest BCUT2D eigenvalue weighted by Gasteiger charge is 2.52. The Labute approximate surface area is 168 Å². The smallest absolute Gasteiger partial charge is 0.223 e. The van der Waals surface area contributed by atoms with Gasteiger partial charge in [-0.1, -0.05) is 25.5 Å². The summed E-state index contributed by atoms with van der Waals surface area (Å²) in [6.45, 7) is 9.74. The number of rotatable bonds is 4. The van der Waals surface area contributed by atoms with Gasteiger partial charge in [-0.3, -0.25) is 4.90 Å². The van der Waals surface area contributed by atoms with Crippen molar-refractivity contribution in [3.05, 3.63) is 29.1 Å². The molecule has 4 aliphatic carbocycles. The molecule has 2 bridgehead atoms. The Morgan fingerprint density at radius 3 is 3.00 bits per heavy atom. The minimum absolute atomic E-state index is 0.0450. The molecule has 1 aromatic heterocycles. The van der Waals surface area contributed by atoms with Gasteiger partial charge in [0.25, 0.3) is 0 Å². The highest BCUT2D eigenvalue weighted by atomic mass is 16.5. The number of anilines is 1. The van der Waals surface area contributed by atoms with Crippen molar-refractivity contribution in [1.29, 1.82) is 0 Å². The second-order valence-electron chi connectivity index (χ2n) is 10.5. The lowest BCUT2D eigenvalue weighted by atomic mass is 9.49. The molecule has 1 N–H and O–H groups in total. The minimum Gasteiger partial charge on any atom is -0.376 e. The lowest BCUT2D eigenvalue weighted by Gasteiger charge is -2.57. The summed E-state index contributed by atoms with van der Waals surface area (Å²) in [7, 11) is 0. The van der Waals surface area contributed by atoms with Gasteiger partial charge in [0.05, 0.1) is 24.3 Å². The summed E-state index contributed by atoms with van der Waals surface area (Å²) < 4.78 is 6.03. The zero-order chi connectivity index (χ0) is 18.9. The predicted molar refractivity (Wildman–Crippen MR) is 109 cm³/mol. The summed E-state index contributed by atoms with van der Waals surface area (Å²) in [6.07, 6.45) is 10.9. The lowest BCUT2D eigenvalue weighted by Crippen LogP contribution is -2.50. The quantitative estimate of drug-likeness (QED) is 0.810. The number of nitrogens with one attached hydrogen (secondary N) is 1. The first-order chi connectivity index (χ1) is 13.5. The molecule has 1 aromatic rings. The molecular formula is C23H32N4O. The number of hydrogen-bond donors (Lipinski definition) is 1. The number of aromatic nitrogens is 2. The van der Waals surface area contributed by atoms with E-state index in [0.29, 0.717) is 18.1 Å². The molecule has 150 valence electrons. The Morgan fingerprint density at radius 1 is 1.32 bits per heavy atom. The number of hydrogen-bond acceptors (Lipinski definition) is 5. The summed E-state index contributed by atoms with van der Waals surface area (Å²) in [6, 6.07) is 0.585. The van der Waals surface area contributed by atoms with E-state index in [1.54, 1.807) is 5.57 Å². The number of likely N-dealkylation sites (tertiary alicyclic amines) is 1. The second kappa shape index (κ2) is 6.02. The largest absolute Gasteiger partial charge is 0.376 e. The molecule has 2 saturated carbocycles. The number of ether oxygens (including phenoxy) is 1. The Bertz CT molecular complexity index is 830. The summed E-state index contributed by atoms with van der Waals surface area (Å²) in [5.74, 6) is 2.53. The van der Waals surface area contributed by atoms with E-state index in [1.807, 2.05) is 6.20 Å². The molecule has 0 amide bonds. The molecule has 7 rings (SSSR count). The molecule has 3 heterocycles. The molecule has 5 nitrogen and oxygen atoms in total. The first-order valence-corrected chi connectivity index (χ1v) is 11.2. The lowest BCUT2D eigenvalue weighted by molar-refractivity contribution is -0.0105. The van der Waals surface area contributed by atoms with Crippen LogP contribution in [-0.4, -0.2) is 47.2 Å². The number of allylic oxidation sites excluding steroid dienone is 1. The maximum absolute atomic E-state index is 6.03. The van der Waals surface area contributed by atoms with Crippen LogP contribution in [0, 0.1) is 17.3 Å². The van der Waals surface area contributed by atoms with E-state index in [2.05, 4.69) is 35.1 Å². The monoisotopic (exact) mass is 380 g/mol. The van der Waals surface area contributed by atoms with E-state index in [4.69, 9.17) is 9.72 Å². The molecule has 0 aromatic carbocycles. The van der Waals surface area contributed by atoms with Gasteiger partial charge in [-0.15, -0.1) is 0 Å². The van der Waals surface area contributed by atoms with Crippen molar-refractivity contribution in [3.63, 3.8) is 0 Å². The van der Waals surface area contributed by atoms with Crippen LogP contribution in [0.2, 0.25) is 0 Å². The van der Waals surface area contributed by atoms with E-state index in [9.17, 15) is 0 Å². The first kappa shape index (κ1) is 17.4. The average Bonchev–Trinajstić information content (AvgIpc) is 3.42. The maximum Gasteiger partial charge on any atom is 0.223 e. The molecule has 0 radical (unpaired) electrons. The van der Waals surface area contributed by atoms with Gasteiger partial charge in [-0.05, 0) is 55.9 Å². The normalized spacial score (nSPS) is 36.0. The molecule has 28 heavy (non-hydrogen) atoms. The van der Waals surface area contributed by atoms with E-state index in [0.717, 1.165) is 50.4 Å². The summed E-state index contributed by atoms with van der Waals surface area (Å²) in [4.78, 5) is 12.2. The van der Waals surface area contributed by atoms with Gasteiger partial charge in [0, 0.05) is 30.9 Å². The van der Waals surface area contributed by atoms with Crippen LogP contribution in [-0.2, 0) is 16.8 Å². The van der Waals surface area contributed by atoms with Crippen LogP contribution in [0.5, 0.6) is 0 Å². The standard InChI is InChI=1S/C23H32N4O/c1-22(2)17-4-3-15(19(22)9-17)11-27-8-7-23(13-27)14-28-12-16-10-24-21(26-20(16)23)25-18-5-6-18/h3,10,17-19H,4-9,11-14H2,1-2H3,(H,24,25,26)/t17-,19-,23+/m0/s1. The van der Waals surface area contributed by atoms with Crippen LogP contribution in [0.15, 0.2) is 17.8 Å². The van der Waals surface area contributed by atoms with Gasteiger partial charge < -0.3 is 10.1 Å². The highest BCUT2D eigenvalue weighted by Crippen LogP contribution is 2.59. The number of fused-ring (bicyclic) bond motifs is 3. The third-order valence-electron chi connectivity index (χ3n) is 8.34. The van der Waals surface area contributed by atoms with Crippen molar-refractivity contribution in [1.82, 2.24) is 14.9 Å². The third kappa shape index (κ3) is 2.66. The van der Waals surface area contributed by atoms with Crippen molar-refractivity contribution in [3.8, 4) is 0 Å². The fraction of sp³-hybridized carbons (Fsp3) is 0.739. The Morgan fingerprint density at radius 2 is 2.21 bits per heavy atom. The first-order valence-electron chi connectivity index (χ1n) is 11.2. The van der Waals surface area contributed by atoms with Gasteiger partial charge in [-0.2, -0.15) is 0 Å². The molecule has 6 aliphatic rings. The van der Waals surface area contributed by atoms with Crippen molar-refractivity contribution in [2.45, 2.75) is 64.0 Å². The van der Waals surface area contributed by atoms with E-state index in [-0.39, 0.29) is 5.41 Å². The van der Waals surface area contributed by atoms with Gasteiger partial charge in [0.15, 0.2) is 0 Å². The van der Waals surface area contributed by atoms with Crippen LogP contribution in [0.4, 0.5) is 5.95 Å². The molecule has 3 atom stereocenters. The topological polar surface area (TPSA) is 50.3 Å². The zero-order valence-electron chi connectivity index (χ0n) is 17.2. The van der Waals surface area contributed by atoms with Crippen LogP contribution < -0.4 is 5.32 Å². The van der Waals surface area contributed by atoms with Gasteiger partial charge in [-0.25, -0.2) is 9.97 Å². The van der Waals surface area contributed by atoms with Crippen LogP contribution in [0.3, 0.4) is 0 Å². The Balaban J connectivity index is 1.22. The average molecular weight is 381 g/mol. The Kier molecular flexibility index (Phi) is 3.74. The van der Waals surface area contributed by atoms with E-state index >= 15 is 0 Å². The van der Waals surface area contributed by atoms with Crippen LogP contribution in [0.1, 0.15) is 57.2 Å². The summed E-state index contributed by atoms with van der Waals surface area (Å²) >= 11 is 0. The molecule has 2 aliphatic heterocycles. The van der Waals surface area contributed by atoms with Crippen molar-refractivity contribution < 1.29 is 4.74 Å². The van der Waals surface area contributed by atoms with Crippen molar-refractivity contribution in [2.75, 3.05) is 31.6 Å². The van der Waals surface area contributed by atoms with Gasteiger partial charge in [0.1, 0.15) is 0 Å². The molecular weight excluding hydrogens is 348 g/mol. The maximum atomic E-state index is 6.03. The predicted octanol–water partition coefficient (Wildman–Crippen LogP) is 3.52. The fourth-order valence-corrected chi connectivity index (χ4v) is 6.19. The SMILES string of the molecule is CC1(C)[C@H]2CC=C(CN3CC[C@]4(COCc5cnc(NC6CC6)nc54)C3)[C@@H]1C2. The second-order valence-corrected chi connectivity index (χ2v) is 10.5. The summed E-state index contributed by atoms with van der Waals surface area (Å²) in [5, 5.41) is 3.48. The summed E-state index contributed by atoms with van der Waals surface area (Å²) in [5.41, 5.74) is 4.69.